The minimum absolute atomic E-state index is 0.425. The molecule has 1 fully saturated rings. The number of nitrogens with zero attached hydrogens (tertiary/aromatic N) is 1. The first-order valence-electron chi connectivity index (χ1n) is 2.70. The van der Waals surface area contributed by atoms with Crippen LogP contribution in [0.3, 0.4) is 0 Å². The van der Waals surface area contributed by atoms with E-state index in [1.807, 2.05) is 0 Å². The van der Waals surface area contributed by atoms with Crippen molar-refractivity contribution >= 4 is 29.3 Å². The average molecular weight is 181 g/mol. The fourth-order valence-corrected chi connectivity index (χ4v) is 2.64. The zero-order chi connectivity index (χ0) is 7.56. The zero-order valence-electron chi connectivity index (χ0n) is 5.10. The summed E-state index contributed by atoms with van der Waals surface area (Å²) >= 11 is -0.606. The Labute approximate surface area is 65.4 Å². The van der Waals surface area contributed by atoms with Gasteiger partial charge in [0.05, 0.1) is 0 Å². The summed E-state index contributed by atoms with van der Waals surface area (Å²) in [6.07, 6.45) is 0.686. The molecule has 0 amide bonds. The molecule has 1 rings (SSSR count). The Morgan fingerprint density at radius 2 is 2.50 bits per heavy atom. The van der Waals surface area contributed by atoms with E-state index in [0.29, 0.717) is 12.8 Å². The van der Waals surface area contributed by atoms with E-state index in [-0.39, 0.29) is 0 Å². The molecule has 1 heterocycles. The van der Waals surface area contributed by atoms with E-state index in [1.165, 1.54) is 16.1 Å². The molecule has 2 atom stereocenters. The van der Waals surface area contributed by atoms with Gasteiger partial charge in [-0.1, -0.05) is 0 Å². The minimum atomic E-state index is -1.99. The number of carbonyl (C=O) groups is 1. The van der Waals surface area contributed by atoms with Gasteiger partial charge in [-0.05, 0) is 0 Å². The zero-order valence-corrected chi connectivity index (χ0v) is 6.73. The maximum Gasteiger partial charge on any atom is 0.235 e. The molecule has 0 aromatic carbocycles. The highest BCUT2D eigenvalue weighted by atomic mass is 32.2. The molecule has 6 heteroatoms. The van der Waals surface area contributed by atoms with E-state index in [9.17, 15) is 9.00 Å². The van der Waals surface area contributed by atoms with Gasteiger partial charge in [-0.2, -0.15) is 4.31 Å². The Bertz CT molecular complexity index is 163. The predicted octanol–water partition coefficient (Wildman–Crippen LogP) is -0.303. The Kier molecular flexibility index (Phi) is 2.84. The molecule has 0 aromatic rings. The van der Waals surface area contributed by atoms with Crippen LogP contribution in [0.5, 0.6) is 0 Å². The molecule has 0 aromatic heterocycles. The molecule has 0 radical (unpaired) electrons. The van der Waals surface area contributed by atoms with Crippen LogP contribution in [0.2, 0.25) is 0 Å². The van der Waals surface area contributed by atoms with Crippen molar-refractivity contribution in [1.82, 2.24) is 4.31 Å². The molecule has 1 unspecified atom stereocenters. The average Bonchev–Trinajstić information content (AvgIpc) is 2.33. The fourth-order valence-electron chi connectivity index (χ4n) is 0.748. The van der Waals surface area contributed by atoms with Crippen LogP contribution in [0.15, 0.2) is 0 Å². The molecule has 0 aliphatic carbocycles. The van der Waals surface area contributed by atoms with Crippen molar-refractivity contribution in [3.8, 4) is 0 Å². The monoisotopic (exact) mass is 181 g/mol. The lowest BCUT2D eigenvalue weighted by Gasteiger charge is -2.11. The lowest BCUT2D eigenvalue weighted by molar-refractivity contribution is -0.108. The second-order valence-electron chi connectivity index (χ2n) is 1.77. The van der Waals surface area contributed by atoms with Gasteiger partial charge in [0.25, 0.3) is 0 Å². The Balaban J connectivity index is 2.58. The summed E-state index contributed by atoms with van der Waals surface area (Å²) in [4.78, 5) is 10.2. The second kappa shape index (κ2) is 3.47. The lowest BCUT2D eigenvalue weighted by Crippen LogP contribution is -2.30. The van der Waals surface area contributed by atoms with E-state index in [1.54, 1.807) is 0 Å². The molecule has 1 aliphatic heterocycles. The molecular weight excluding hydrogens is 174 g/mol. The van der Waals surface area contributed by atoms with Gasteiger partial charge in [0, 0.05) is 12.3 Å². The fraction of sp³-hybridized carbons (Fsp3) is 0.750. The highest BCUT2D eigenvalue weighted by Gasteiger charge is 2.28. The molecule has 1 aliphatic rings. The largest absolute Gasteiger partial charge is 0.301 e. The number of rotatable bonds is 2. The molecular formula is C4H7NO3S2. The summed E-state index contributed by atoms with van der Waals surface area (Å²) in [6.45, 7) is 0.511. The number of carbonyl (C=O) groups excluding carboxylic acids is 1. The molecule has 0 saturated carbocycles. The van der Waals surface area contributed by atoms with Gasteiger partial charge in [0.1, 0.15) is 11.7 Å². The molecule has 1 N–H and O–H groups in total. The van der Waals surface area contributed by atoms with E-state index in [2.05, 4.69) is 0 Å². The SMILES string of the molecule is O=C[C@@H]1SCCN1S(=O)O. The van der Waals surface area contributed by atoms with Gasteiger partial charge >= 0.3 is 0 Å². The van der Waals surface area contributed by atoms with Crippen LogP contribution >= 0.6 is 11.8 Å². The summed E-state index contributed by atoms with van der Waals surface area (Å²) in [5.74, 6) is 0.746. The summed E-state index contributed by atoms with van der Waals surface area (Å²) in [6, 6.07) is 0. The Hall–Kier alpha value is 0.0900. The summed E-state index contributed by atoms with van der Waals surface area (Å²) in [5.41, 5.74) is 0. The topological polar surface area (TPSA) is 57.6 Å². The normalized spacial score (nSPS) is 30.3. The maximum atomic E-state index is 10.4. The van der Waals surface area contributed by atoms with Crippen molar-refractivity contribution in [3.63, 3.8) is 0 Å². The standard InChI is InChI=1S/C4H7NO3S2/c6-3-4-5(10(7)8)1-2-9-4/h3-4H,1-2H2,(H,7,8)/t4-/m0/s1. The third-order valence-electron chi connectivity index (χ3n) is 1.20. The smallest absolute Gasteiger partial charge is 0.235 e. The first-order chi connectivity index (χ1) is 4.75. The van der Waals surface area contributed by atoms with Crippen molar-refractivity contribution in [1.29, 1.82) is 0 Å². The molecule has 10 heavy (non-hydrogen) atoms. The van der Waals surface area contributed by atoms with Gasteiger partial charge in [0.2, 0.25) is 11.3 Å². The molecule has 58 valence electrons. The maximum absolute atomic E-state index is 10.4. The molecule has 4 nitrogen and oxygen atoms in total. The summed E-state index contributed by atoms with van der Waals surface area (Å²) in [7, 11) is 0. The Morgan fingerprint density at radius 3 is 2.90 bits per heavy atom. The van der Waals surface area contributed by atoms with Crippen molar-refractivity contribution in [2.24, 2.45) is 0 Å². The van der Waals surface area contributed by atoms with Crippen LogP contribution in [0.4, 0.5) is 0 Å². The van der Waals surface area contributed by atoms with Gasteiger partial charge in [-0.15, -0.1) is 11.8 Å². The highest BCUT2D eigenvalue weighted by Crippen LogP contribution is 2.22. The van der Waals surface area contributed by atoms with E-state index >= 15 is 0 Å². The van der Waals surface area contributed by atoms with Gasteiger partial charge < -0.3 is 4.79 Å². The Morgan fingerprint density at radius 1 is 1.80 bits per heavy atom. The highest BCUT2D eigenvalue weighted by molar-refractivity contribution is 8.01. The van der Waals surface area contributed by atoms with E-state index in [4.69, 9.17) is 4.55 Å². The van der Waals surface area contributed by atoms with Crippen LogP contribution in [-0.4, -0.2) is 37.0 Å². The van der Waals surface area contributed by atoms with Crippen molar-refractivity contribution in [3.05, 3.63) is 0 Å². The number of thioether (sulfide) groups is 1. The third-order valence-corrected chi connectivity index (χ3v) is 3.27. The lowest BCUT2D eigenvalue weighted by atomic mass is 10.6. The van der Waals surface area contributed by atoms with Crippen molar-refractivity contribution in [2.45, 2.75) is 5.37 Å². The van der Waals surface area contributed by atoms with Gasteiger partial charge in [-0.3, -0.25) is 4.55 Å². The first-order valence-corrected chi connectivity index (χ1v) is 4.81. The number of hydrogen-bond donors (Lipinski definition) is 1. The van der Waals surface area contributed by atoms with Crippen LogP contribution in [0.25, 0.3) is 0 Å². The first kappa shape index (κ1) is 8.19. The number of hydrogen-bond acceptors (Lipinski definition) is 3. The molecule has 0 bridgehead atoms. The van der Waals surface area contributed by atoms with E-state index in [0.717, 1.165) is 5.75 Å². The van der Waals surface area contributed by atoms with Crippen LogP contribution < -0.4 is 0 Å². The molecule has 0 spiro atoms. The predicted molar refractivity (Wildman–Crippen MR) is 39.8 cm³/mol. The van der Waals surface area contributed by atoms with Crippen molar-refractivity contribution in [2.75, 3.05) is 12.3 Å². The minimum Gasteiger partial charge on any atom is -0.301 e. The second-order valence-corrected chi connectivity index (χ2v) is 3.92. The quantitative estimate of drug-likeness (QED) is 0.469. The van der Waals surface area contributed by atoms with Crippen LogP contribution in [0, 0.1) is 0 Å². The summed E-state index contributed by atoms with van der Waals surface area (Å²) in [5, 5.41) is -0.425. The summed E-state index contributed by atoms with van der Waals surface area (Å²) < 4.78 is 20.3. The van der Waals surface area contributed by atoms with Gasteiger partial charge in [-0.25, -0.2) is 4.21 Å². The number of aldehydes is 1. The van der Waals surface area contributed by atoms with E-state index < -0.39 is 16.6 Å². The van der Waals surface area contributed by atoms with Crippen LogP contribution in [-0.2, 0) is 16.1 Å². The van der Waals surface area contributed by atoms with Crippen molar-refractivity contribution < 1.29 is 13.6 Å². The molecule has 1 saturated heterocycles. The van der Waals surface area contributed by atoms with Gasteiger partial charge in [0.15, 0.2) is 0 Å². The third kappa shape index (κ3) is 1.57. The van der Waals surface area contributed by atoms with Crippen LogP contribution in [0.1, 0.15) is 0 Å².